The van der Waals surface area contributed by atoms with Crippen molar-refractivity contribution in [1.82, 2.24) is 10.2 Å². The van der Waals surface area contributed by atoms with Gasteiger partial charge in [0.2, 0.25) is 0 Å². The molecule has 3 aliphatic rings. The van der Waals surface area contributed by atoms with E-state index in [1.807, 2.05) is 12.1 Å². The number of carbonyl (C=O) groups is 2. The van der Waals surface area contributed by atoms with Gasteiger partial charge in [-0.2, -0.15) is 0 Å². The van der Waals surface area contributed by atoms with Crippen molar-refractivity contribution in [3.8, 4) is 0 Å². The molecule has 1 aliphatic carbocycles. The lowest BCUT2D eigenvalue weighted by Gasteiger charge is -2.50. The molecule has 3 fully saturated rings. The molecule has 2 saturated heterocycles. The highest BCUT2D eigenvalue weighted by Crippen LogP contribution is 2.40. The molecule has 2 aromatic rings. The van der Waals surface area contributed by atoms with E-state index in [1.54, 1.807) is 36.4 Å². The first-order valence-corrected chi connectivity index (χ1v) is 11.6. The van der Waals surface area contributed by atoms with Gasteiger partial charge in [-0.3, -0.25) is 9.69 Å². The summed E-state index contributed by atoms with van der Waals surface area (Å²) in [7, 11) is 0. The molecule has 0 spiro atoms. The number of Topliss-reactive ketones (excluding diaryl/α,β-unsaturated/α-hetero) is 1. The van der Waals surface area contributed by atoms with Crippen LogP contribution in [0.1, 0.15) is 48.5 Å². The molecule has 5 rings (SSSR count). The van der Waals surface area contributed by atoms with E-state index in [1.165, 1.54) is 31.7 Å². The Morgan fingerprint density at radius 2 is 1.91 bits per heavy atom. The molecule has 0 radical (unpaired) electrons. The quantitative estimate of drug-likeness (QED) is 0.403. The molecule has 33 heavy (non-hydrogen) atoms. The fourth-order valence-electron chi connectivity index (χ4n) is 5.33. The first-order valence-electron chi connectivity index (χ1n) is 11.6. The lowest BCUT2D eigenvalue weighted by atomic mass is 9.70. The average molecular weight is 474 g/mol. The maximum Gasteiger partial charge on any atom is 0.319 e. The van der Waals surface area contributed by atoms with Crippen molar-refractivity contribution in [2.24, 2.45) is 11.8 Å². The first-order chi connectivity index (χ1) is 15.5. The number of hydrogen-bond donors (Lipinski definition) is 2. The van der Waals surface area contributed by atoms with Crippen molar-refractivity contribution in [2.45, 2.75) is 45.1 Å². The van der Waals surface area contributed by atoms with E-state index in [-0.39, 0.29) is 30.0 Å². The van der Waals surface area contributed by atoms with Crippen molar-refractivity contribution < 1.29 is 14.0 Å². The molecule has 1 saturated carbocycles. The predicted molar refractivity (Wildman–Crippen MR) is 132 cm³/mol. The zero-order valence-corrected chi connectivity index (χ0v) is 19.9. The number of benzene rings is 2. The molecule has 5 nitrogen and oxygen atoms in total. The maximum atomic E-state index is 13.2. The molecule has 2 aromatic carbocycles. The summed E-state index contributed by atoms with van der Waals surface area (Å²) in [5.74, 6) is 1.17. The van der Waals surface area contributed by atoms with Gasteiger partial charge < -0.3 is 10.6 Å². The third kappa shape index (κ3) is 6.78. The molecule has 0 aromatic heterocycles. The van der Waals surface area contributed by atoms with Gasteiger partial charge in [0.1, 0.15) is 5.82 Å². The van der Waals surface area contributed by atoms with Gasteiger partial charge in [0, 0.05) is 36.9 Å². The largest absolute Gasteiger partial charge is 0.338 e. The third-order valence-electron chi connectivity index (χ3n) is 6.86. The molecule has 2 heterocycles. The van der Waals surface area contributed by atoms with Gasteiger partial charge in [0.25, 0.3) is 0 Å². The number of anilines is 1. The van der Waals surface area contributed by atoms with Crippen LogP contribution in [-0.2, 0) is 6.42 Å². The molecule has 178 valence electrons. The summed E-state index contributed by atoms with van der Waals surface area (Å²) in [5, 5.41) is 5.72. The van der Waals surface area contributed by atoms with Crippen molar-refractivity contribution in [3.63, 3.8) is 0 Å². The Morgan fingerprint density at radius 1 is 1.12 bits per heavy atom. The maximum absolute atomic E-state index is 13.2. The van der Waals surface area contributed by atoms with Gasteiger partial charge in [0.15, 0.2) is 5.78 Å². The summed E-state index contributed by atoms with van der Waals surface area (Å²) in [6.07, 6.45) is 5.71. The molecule has 2 bridgehead atoms. The number of urea groups is 1. The van der Waals surface area contributed by atoms with Crippen LogP contribution in [0.25, 0.3) is 0 Å². The van der Waals surface area contributed by atoms with Crippen molar-refractivity contribution in [1.29, 1.82) is 0 Å². The van der Waals surface area contributed by atoms with Crippen LogP contribution >= 0.6 is 12.4 Å². The van der Waals surface area contributed by atoms with Crippen molar-refractivity contribution in [3.05, 3.63) is 65.5 Å². The number of carbonyl (C=O) groups excluding carboxylic acids is 2. The number of hydrogen-bond acceptors (Lipinski definition) is 3. The third-order valence-corrected chi connectivity index (χ3v) is 6.86. The second kappa shape index (κ2) is 11.6. The van der Waals surface area contributed by atoms with Gasteiger partial charge in [0.05, 0.1) is 0 Å². The zero-order chi connectivity index (χ0) is 22.5. The van der Waals surface area contributed by atoms with Crippen LogP contribution in [0.2, 0.25) is 0 Å². The second-order valence-corrected chi connectivity index (χ2v) is 9.20. The number of nitrogens with zero attached hydrogens (tertiary/aromatic N) is 1. The van der Waals surface area contributed by atoms with Gasteiger partial charge in [-0.25, -0.2) is 9.18 Å². The van der Waals surface area contributed by atoms with Gasteiger partial charge in [-0.15, -0.1) is 12.4 Å². The molecule has 2 aliphatic heterocycles. The van der Waals surface area contributed by atoms with Gasteiger partial charge >= 0.3 is 6.03 Å². The smallest absolute Gasteiger partial charge is 0.319 e. The lowest BCUT2D eigenvalue weighted by molar-refractivity contribution is 0.000976. The van der Waals surface area contributed by atoms with E-state index >= 15 is 0 Å². The number of rotatable bonds is 8. The molecule has 7 heteroatoms. The van der Waals surface area contributed by atoms with Crippen LogP contribution in [0.3, 0.4) is 0 Å². The molecule has 0 unspecified atom stereocenters. The van der Waals surface area contributed by atoms with E-state index < -0.39 is 0 Å². The SMILES string of the molecule is CC(=O)c1cccc(NC(=O)NCCCN2C[C@@H]3CC[C@@H]2[C@@H](Cc2ccc(F)cc2)C3)c1.Cl. The summed E-state index contributed by atoms with van der Waals surface area (Å²) in [5.41, 5.74) is 2.42. The molecule has 3 atom stereocenters. The van der Waals surface area contributed by atoms with Gasteiger partial charge in [-0.05, 0) is 80.7 Å². The minimum Gasteiger partial charge on any atom is -0.338 e. The Hall–Kier alpha value is -2.44. The van der Waals surface area contributed by atoms with Crippen molar-refractivity contribution in [2.75, 3.05) is 25.0 Å². The molecule has 2 N–H and O–H groups in total. The Labute approximate surface area is 201 Å². The van der Waals surface area contributed by atoms with E-state index in [4.69, 9.17) is 0 Å². The monoisotopic (exact) mass is 473 g/mol. The standard InChI is InChI=1S/C26H32FN3O2.ClH/c1-18(31)21-4-2-5-24(16-21)29-26(32)28-12-3-13-30-17-20-8-11-25(30)22(15-20)14-19-6-9-23(27)10-7-19;/h2,4-7,9-10,16,20,22,25H,3,8,11-15,17H2,1H3,(H2,28,29,32);1H/t20-,22+,25-;/m1./s1. The van der Waals surface area contributed by atoms with E-state index in [9.17, 15) is 14.0 Å². The number of fused-ring (bicyclic) bond motifs is 3. The zero-order valence-electron chi connectivity index (χ0n) is 19.1. The summed E-state index contributed by atoms with van der Waals surface area (Å²) in [6, 6.07) is 14.2. The number of piperidine rings is 2. The lowest BCUT2D eigenvalue weighted by Crippen LogP contribution is -2.54. The Kier molecular flexibility index (Phi) is 8.87. The van der Waals surface area contributed by atoms with Crippen LogP contribution in [0, 0.1) is 17.7 Å². The highest BCUT2D eigenvalue weighted by Gasteiger charge is 2.40. The highest BCUT2D eigenvalue weighted by atomic mass is 35.5. The Balaban J connectivity index is 0.00000306. The van der Waals surface area contributed by atoms with E-state index in [2.05, 4.69) is 15.5 Å². The molecule has 2 amide bonds. The Morgan fingerprint density at radius 3 is 2.64 bits per heavy atom. The number of halogens is 2. The normalized spacial score (nSPS) is 21.8. The first kappa shape index (κ1) is 25.2. The summed E-state index contributed by atoms with van der Waals surface area (Å²) in [4.78, 5) is 26.3. The highest BCUT2D eigenvalue weighted by molar-refractivity contribution is 5.96. The summed E-state index contributed by atoms with van der Waals surface area (Å²) in [6.45, 7) is 4.24. The van der Waals surface area contributed by atoms with Crippen LogP contribution in [-0.4, -0.2) is 42.4 Å². The van der Waals surface area contributed by atoms with E-state index in [0.29, 0.717) is 29.8 Å². The number of nitrogens with one attached hydrogen (secondary N) is 2. The van der Waals surface area contributed by atoms with E-state index in [0.717, 1.165) is 31.8 Å². The Bertz CT molecular complexity index is 953. The van der Waals surface area contributed by atoms with Gasteiger partial charge in [-0.1, -0.05) is 24.3 Å². The van der Waals surface area contributed by atoms with Crippen LogP contribution in [0.4, 0.5) is 14.9 Å². The average Bonchev–Trinajstić information content (AvgIpc) is 2.79. The predicted octanol–water partition coefficient (Wildman–Crippen LogP) is 5.30. The number of amides is 2. The summed E-state index contributed by atoms with van der Waals surface area (Å²) < 4.78 is 13.2. The topological polar surface area (TPSA) is 61.4 Å². The number of ketones is 1. The van der Waals surface area contributed by atoms with Crippen LogP contribution < -0.4 is 10.6 Å². The van der Waals surface area contributed by atoms with Crippen LogP contribution in [0.5, 0.6) is 0 Å². The summed E-state index contributed by atoms with van der Waals surface area (Å²) >= 11 is 0. The second-order valence-electron chi connectivity index (χ2n) is 9.20. The van der Waals surface area contributed by atoms with Crippen LogP contribution in [0.15, 0.2) is 48.5 Å². The molecular formula is C26H33ClFN3O2. The minimum absolute atomic E-state index is 0. The van der Waals surface area contributed by atoms with Crippen molar-refractivity contribution >= 4 is 29.9 Å². The molecular weight excluding hydrogens is 441 g/mol. The fraction of sp³-hybridized carbons (Fsp3) is 0.462. The fourth-order valence-corrected chi connectivity index (χ4v) is 5.33. The minimum atomic E-state index is -0.250.